The molecule has 8 heteroatoms. The predicted molar refractivity (Wildman–Crippen MR) is 107 cm³/mol. The molecule has 0 aliphatic heterocycles. The molecule has 28 heavy (non-hydrogen) atoms. The van der Waals surface area contributed by atoms with Crippen molar-refractivity contribution in [3.63, 3.8) is 0 Å². The largest absolute Gasteiger partial charge is 0.465 e. The smallest absolute Gasteiger partial charge is 0.337 e. The molecule has 0 radical (unpaired) electrons. The van der Waals surface area contributed by atoms with Crippen LogP contribution in [0.4, 0.5) is 17.3 Å². The van der Waals surface area contributed by atoms with Gasteiger partial charge in [-0.15, -0.1) is 0 Å². The number of esters is 1. The summed E-state index contributed by atoms with van der Waals surface area (Å²) >= 11 is 6.07. The van der Waals surface area contributed by atoms with E-state index in [0.717, 1.165) is 5.56 Å². The maximum absolute atomic E-state index is 12.3. The summed E-state index contributed by atoms with van der Waals surface area (Å²) in [6, 6.07) is 12.0. The third-order valence-electron chi connectivity index (χ3n) is 3.88. The van der Waals surface area contributed by atoms with E-state index < -0.39 is 5.97 Å². The van der Waals surface area contributed by atoms with Crippen molar-refractivity contribution in [1.82, 2.24) is 9.97 Å². The molecule has 1 aromatic heterocycles. The Morgan fingerprint density at radius 1 is 1.00 bits per heavy atom. The van der Waals surface area contributed by atoms with Crippen LogP contribution in [0, 0.1) is 6.92 Å². The minimum Gasteiger partial charge on any atom is -0.465 e. The number of benzene rings is 2. The van der Waals surface area contributed by atoms with E-state index >= 15 is 0 Å². The molecule has 0 bridgehead atoms. The number of carbonyl (C=O) groups is 2. The second-order valence-electron chi connectivity index (χ2n) is 5.91. The standard InChI is InChI=1S/C20H17ClN4O3/c1-12-6-7-16(9-17(12)21)24-18(26)14-10-22-20(23-11-14)25-15-5-3-4-13(8-15)19(27)28-2/h3-11H,1-2H3,(H,24,26)(H,22,23,25). The van der Waals surface area contributed by atoms with Crippen LogP contribution in [0.5, 0.6) is 0 Å². The number of nitrogens with zero attached hydrogens (tertiary/aromatic N) is 2. The number of rotatable bonds is 5. The van der Waals surface area contributed by atoms with Crippen LogP contribution in [0.3, 0.4) is 0 Å². The summed E-state index contributed by atoms with van der Waals surface area (Å²) in [6.45, 7) is 1.88. The molecule has 1 heterocycles. The number of carbonyl (C=O) groups excluding carboxylic acids is 2. The lowest BCUT2D eigenvalue weighted by Crippen LogP contribution is -2.13. The number of nitrogens with one attached hydrogen (secondary N) is 2. The molecule has 0 aliphatic rings. The lowest BCUT2D eigenvalue weighted by molar-refractivity contribution is 0.0600. The summed E-state index contributed by atoms with van der Waals surface area (Å²) in [5.41, 5.74) is 2.83. The lowest BCUT2D eigenvalue weighted by atomic mass is 10.2. The molecule has 1 amide bonds. The van der Waals surface area contributed by atoms with Crippen LogP contribution >= 0.6 is 11.6 Å². The van der Waals surface area contributed by atoms with Gasteiger partial charge in [0.2, 0.25) is 5.95 Å². The van der Waals surface area contributed by atoms with Crippen molar-refractivity contribution < 1.29 is 14.3 Å². The molecule has 3 rings (SSSR count). The van der Waals surface area contributed by atoms with Gasteiger partial charge in [-0.3, -0.25) is 4.79 Å². The molecule has 0 spiro atoms. The van der Waals surface area contributed by atoms with Gasteiger partial charge in [-0.1, -0.05) is 23.7 Å². The van der Waals surface area contributed by atoms with E-state index in [9.17, 15) is 9.59 Å². The fourth-order valence-electron chi connectivity index (χ4n) is 2.35. The summed E-state index contributed by atoms with van der Waals surface area (Å²) in [6.07, 6.45) is 2.81. The van der Waals surface area contributed by atoms with Crippen LogP contribution in [0.2, 0.25) is 5.02 Å². The zero-order chi connectivity index (χ0) is 20.1. The molecule has 142 valence electrons. The van der Waals surface area contributed by atoms with E-state index in [2.05, 4.69) is 20.6 Å². The van der Waals surface area contributed by atoms with Gasteiger partial charge in [-0.2, -0.15) is 0 Å². The molecular formula is C20H17ClN4O3. The summed E-state index contributed by atoms with van der Waals surface area (Å²) in [5, 5.41) is 6.29. The number of amides is 1. The first-order valence-corrected chi connectivity index (χ1v) is 8.69. The number of methoxy groups -OCH3 is 1. The van der Waals surface area contributed by atoms with E-state index in [-0.39, 0.29) is 11.9 Å². The second-order valence-corrected chi connectivity index (χ2v) is 6.32. The Balaban J connectivity index is 1.68. The molecule has 3 aromatic rings. The molecule has 2 N–H and O–H groups in total. The third-order valence-corrected chi connectivity index (χ3v) is 4.29. The van der Waals surface area contributed by atoms with Crippen LogP contribution in [0.25, 0.3) is 0 Å². The highest BCUT2D eigenvalue weighted by Gasteiger charge is 2.10. The van der Waals surface area contributed by atoms with Crippen molar-refractivity contribution in [2.24, 2.45) is 0 Å². The number of aromatic nitrogens is 2. The van der Waals surface area contributed by atoms with Crippen molar-refractivity contribution in [3.05, 3.63) is 76.6 Å². The van der Waals surface area contributed by atoms with Crippen molar-refractivity contribution in [1.29, 1.82) is 0 Å². The molecule has 0 aliphatic carbocycles. The molecule has 2 aromatic carbocycles. The molecule has 0 unspecified atom stereocenters. The first-order chi connectivity index (χ1) is 13.5. The Hall–Kier alpha value is -3.45. The minimum absolute atomic E-state index is 0.289. The number of ether oxygens (including phenoxy) is 1. The monoisotopic (exact) mass is 396 g/mol. The summed E-state index contributed by atoms with van der Waals surface area (Å²) < 4.78 is 4.70. The molecule has 0 saturated carbocycles. The van der Waals surface area contributed by atoms with E-state index in [4.69, 9.17) is 16.3 Å². The van der Waals surface area contributed by atoms with Gasteiger partial charge < -0.3 is 15.4 Å². The fraction of sp³-hybridized carbons (Fsp3) is 0.100. The quantitative estimate of drug-likeness (QED) is 0.627. The van der Waals surface area contributed by atoms with Gasteiger partial charge in [0.25, 0.3) is 5.91 Å². The van der Waals surface area contributed by atoms with Gasteiger partial charge in [0, 0.05) is 28.8 Å². The van der Waals surface area contributed by atoms with Crippen molar-refractivity contribution >= 4 is 40.8 Å². The van der Waals surface area contributed by atoms with Gasteiger partial charge >= 0.3 is 5.97 Å². The highest BCUT2D eigenvalue weighted by Crippen LogP contribution is 2.20. The highest BCUT2D eigenvalue weighted by molar-refractivity contribution is 6.31. The molecule has 0 saturated heterocycles. The summed E-state index contributed by atoms with van der Waals surface area (Å²) in [4.78, 5) is 32.2. The van der Waals surface area contributed by atoms with E-state index in [1.165, 1.54) is 19.5 Å². The maximum Gasteiger partial charge on any atom is 0.337 e. The van der Waals surface area contributed by atoms with E-state index in [1.54, 1.807) is 36.4 Å². The van der Waals surface area contributed by atoms with E-state index in [0.29, 0.717) is 27.5 Å². The number of hydrogen-bond donors (Lipinski definition) is 2. The zero-order valence-corrected chi connectivity index (χ0v) is 15.9. The average Bonchev–Trinajstić information content (AvgIpc) is 2.71. The number of anilines is 3. The maximum atomic E-state index is 12.3. The summed E-state index contributed by atoms with van der Waals surface area (Å²) in [7, 11) is 1.32. The summed E-state index contributed by atoms with van der Waals surface area (Å²) in [5.74, 6) is -0.496. The molecule has 0 atom stereocenters. The Bertz CT molecular complexity index is 1020. The Labute approximate surface area is 166 Å². The third kappa shape index (κ3) is 4.63. The van der Waals surface area contributed by atoms with Crippen LogP contribution < -0.4 is 10.6 Å². The highest BCUT2D eigenvalue weighted by atomic mass is 35.5. The topological polar surface area (TPSA) is 93.2 Å². The van der Waals surface area contributed by atoms with Crippen molar-refractivity contribution in [3.8, 4) is 0 Å². The second kappa shape index (κ2) is 8.49. The van der Waals surface area contributed by atoms with Gasteiger partial charge in [0.15, 0.2) is 0 Å². The Morgan fingerprint density at radius 2 is 1.75 bits per heavy atom. The van der Waals surface area contributed by atoms with Crippen molar-refractivity contribution in [2.45, 2.75) is 6.92 Å². The Morgan fingerprint density at radius 3 is 2.43 bits per heavy atom. The fourth-order valence-corrected chi connectivity index (χ4v) is 2.54. The Kier molecular flexibility index (Phi) is 5.86. The van der Waals surface area contributed by atoms with Gasteiger partial charge in [-0.05, 0) is 42.8 Å². The van der Waals surface area contributed by atoms with Gasteiger partial charge in [0.05, 0.1) is 18.2 Å². The predicted octanol–water partition coefficient (Wildman–Crippen LogP) is 4.22. The van der Waals surface area contributed by atoms with Crippen LogP contribution in [0.15, 0.2) is 54.9 Å². The normalized spacial score (nSPS) is 10.2. The number of aryl methyl sites for hydroxylation is 1. The van der Waals surface area contributed by atoms with Gasteiger partial charge in [0.1, 0.15) is 0 Å². The molecule has 0 fully saturated rings. The average molecular weight is 397 g/mol. The zero-order valence-electron chi connectivity index (χ0n) is 15.2. The minimum atomic E-state index is -0.437. The number of hydrogen-bond acceptors (Lipinski definition) is 6. The number of halogens is 1. The van der Waals surface area contributed by atoms with Crippen LogP contribution in [0.1, 0.15) is 26.3 Å². The van der Waals surface area contributed by atoms with Gasteiger partial charge in [-0.25, -0.2) is 14.8 Å². The molecular weight excluding hydrogens is 380 g/mol. The molecule has 7 nitrogen and oxygen atoms in total. The first-order valence-electron chi connectivity index (χ1n) is 8.31. The lowest BCUT2D eigenvalue weighted by Gasteiger charge is -2.08. The van der Waals surface area contributed by atoms with Crippen LogP contribution in [-0.2, 0) is 4.74 Å². The first kappa shape index (κ1) is 19.3. The van der Waals surface area contributed by atoms with Crippen LogP contribution in [-0.4, -0.2) is 29.0 Å². The van der Waals surface area contributed by atoms with E-state index in [1.807, 2.05) is 13.0 Å². The SMILES string of the molecule is COC(=O)c1cccc(Nc2ncc(C(=O)Nc3ccc(C)c(Cl)c3)cn2)c1. The van der Waals surface area contributed by atoms with Crippen molar-refractivity contribution in [2.75, 3.05) is 17.7 Å².